The second kappa shape index (κ2) is 6.07. The van der Waals surface area contributed by atoms with Gasteiger partial charge in [0.2, 0.25) is 0 Å². The van der Waals surface area contributed by atoms with Gasteiger partial charge in [-0.25, -0.2) is 0 Å². The van der Waals surface area contributed by atoms with Crippen LogP contribution in [0.3, 0.4) is 0 Å². The van der Waals surface area contributed by atoms with Gasteiger partial charge in [-0.3, -0.25) is 4.90 Å². The molecule has 0 spiro atoms. The van der Waals surface area contributed by atoms with Crippen LogP contribution >= 0.6 is 15.9 Å². The van der Waals surface area contributed by atoms with Crippen LogP contribution in [0.5, 0.6) is 0 Å². The van der Waals surface area contributed by atoms with Gasteiger partial charge in [0.1, 0.15) is 0 Å². The van der Waals surface area contributed by atoms with Gasteiger partial charge >= 0.3 is 0 Å². The molecule has 112 valence electrons. The molecule has 0 saturated carbocycles. The minimum absolute atomic E-state index is 0.0821. The molecule has 2 nitrogen and oxygen atoms in total. The van der Waals surface area contributed by atoms with E-state index in [0.717, 1.165) is 25.0 Å². The van der Waals surface area contributed by atoms with Crippen LogP contribution in [0.15, 0.2) is 42.5 Å². The Hall–Kier alpha value is -0.900. The number of hydrogen-bond acceptors (Lipinski definition) is 2. The molecule has 1 aliphatic rings. The molecule has 0 bridgehead atoms. The fourth-order valence-electron chi connectivity index (χ4n) is 3.29. The summed E-state index contributed by atoms with van der Waals surface area (Å²) in [5.74, 6) is 0. The van der Waals surface area contributed by atoms with E-state index >= 15 is 0 Å². The van der Waals surface area contributed by atoms with Crippen LogP contribution in [-0.2, 0) is 11.3 Å². The number of nitrogens with zero attached hydrogens (tertiary/aromatic N) is 1. The van der Waals surface area contributed by atoms with Crippen molar-refractivity contribution in [2.24, 2.45) is 0 Å². The van der Waals surface area contributed by atoms with Crippen molar-refractivity contribution in [3.8, 4) is 0 Å². The topological polar surface area (TPSA) is 12.5 Å². The molecule has 0 N–H and O–H groups in total. The Bertz CT molecular complexity index is 620. The van der Waals surface area contributed by atoms with Gasteiger partial charge in [-0.05, 0) is 30.2 Å². The molecule has 0 amide bonds. The fraction of sp³-hybridized carbons (Fsp3) is 0.444. The van der Waals surface area contributed by atoms with Gasteiger partial charge in [0, 0.05) is 25.0 Å². The third-order valence-corrected chi connectivity index (χ3v) is 4.72. The van der Waals surface area contributed by atoms with E-state index in [9.17, 15) is 0 Å². The highest BCUT2D eigenvalue weighted by Gasteiger charge is 2.32. The number of halogens is 1. The van der Waals surface area contributed by atoms with Gasteiger partial charge in [0.25, 0.3) is 0 Å². The van der Waals surface area contributed by atoms with Gasteiger partial charge < -0.3 is 4.74 Å². The van der Waals surface area contributed by atoms with Crippen molar-refractivity contribution in [3.05, 3.63) is 48.0 Å². The van der Waals surface area contributed by atoms with Gasteiger partial charge in [-0.15, -0.1) is 0 Å². The summed E-state index contributed by atoms with van der Waals surface area (Å²) < 4.78 is 6.09. The molecule has 1 heterocycles. The summed E-state index contributed by atoms with van der Waals surface area (Å²) >= 11 is 3.56. The Morgan fingerprint density at radius 3 is 2.76 bits per heavy atom. The van der Waals surface area contributed by atoms with Gasteiger partial charge in [0.05, 0.1) is 11.7 Å². The average molecular weight is 348 g/mol. The van der Waals surface area contributed by atoms with Crippen molar-refractivity contribution in [2.45, 2.75) is 32.1 Å². The maximum Gasteiger partial charge on any atom is 0.0806 e. The molecule has 0 aliphatic carbocycles. The van der Waals surface area contributed by atoms with E-state index in [1.807, 2.05) is 0 Å². The van der Waals surface area contributed by atoms with Crippen LogP contribution in [0, 0.1) is 0 Å². The first-order valence-corrected chi connectivity index (χ1v) is 8.62. The zero-order valence-electron chi connectivity index (χ0n) is 12.7. The maximum atomic E-state index is 6.09. The van der Waals surface area contributed by atoms with Crippen LogP contribution in [-0.4, -0.2) is 35.0 Å². The standard InChI is InChI=1S/C18H22BrNO/c1-18(2)13-20(12-16(10-19)21-18)11-15-8-5-7-14-6-3-4-9-17(14)15/h3-9,16H,10-13H2,1-2H3. The SMILES string of the molecule is CC1(C)CN(Cc2cccc3ccccc23)CC(CBr)O1. The molecule has 1 unspecified atom stereocenters. The van der Waals surface area contributed by atoms with Crippen LogP contribution in [0.1, 0.15) is 19.4 Å². The van der Waals surface area contributed by atoms with Gasteiger partial charge in [-0.2, -0.15) is 0 Å². The van der Waals surface area contributed by atoms with E-state index in [4.69, 9.17) is 4.74 Å². The summed E-state index contributed by atoms with van der Waals surface area (Å²) in [5, 5.41) is 3.57. The van der Waals surface area contributed by atoms with Crippen molar-refractivity contribution in [1.29, 1.82) is 0 Å². The van der Waals surface area contributed by atoms with Crippen molar-refractivity contribution in [2.75, 3.05) is 18.4 Å². The number of fused-ring (bicyclic) bond motifs is 1. The first-order chi connectivity index (χ1) is 10.1. The van der Waals surface area contributed by atoms with E-state index in [1.54, 1.807) is 0 Å². The lowest BCUT2D eigenvalue weighted by Crippen LogP contribution is -2.52. The average Bonchev–Trinajstić information content (AvgIpc) is 2.46. The van der Waals surface area contributed by atoms with Crippen molar-refractivity contribution in [1.82, 2.24) is 4.90 Å². The smallest absolute Gasteiger partial charge is 0.0806 e. The lowest BCUT2D eigenvalue weighted by atomic mass is 10.0. The Kier molecular flexibility index (Phi) is 4.34. The third-order valence-electron chi connectivity index (χ3n) is 4.00. The molecule has 0 aromatic heterocycles. The largest absolute Gasteiger partial charge is 0.369 e. The van der Waals surface area contributed by atoms with E-state index in [0.29, 0.717) is 0 Å². The summed E-state index contributed by atoms with van der Waals surface area (Å²) in [6.45, 7) is 7.30. The summed E-state index contributed by atoms with van der Waals surface area (Å²) in [6.07, 6.45) is 0.267. The molecular formula is C18H22BrNO. The number of alkyl halides is 1. The molecule has 2 aromatic carbocycles. The second-order valence-corrected chi connectivity index (χ2v) is 7.11. The Morgan fingerprint density at radius 1 is 1.19 bits per heavy atom. The maximum absolute atomic E-state index is 6.09. The quantitative estimate of drug-likeness (QED) is 0.771. The normalized spacial score (nSPS) is 22.5. The highest BCUT2D eigenvalue weighted by Crippen LogP contribution is 2.26. The predicted molar refractivity (Wildman–Crippen MR) is 92.0 cm³/mol. The third kappa shape index (κ3) is 3.47. The zero-order chi connectivity index (χ0) is 14.9. The van der Waals surface area contributed by atoms with Crippen molar-refractivity contribution >= 4 is 26.7 Å². The van der Waals surface area contributed by atoms with E-state index in [1.165, 1.54) is 16.3 Å². The van der Waals surface area contributed by atoms with Crippen LogP contribution < -0.4 is 0 Å². The van der Waals surface area contributed by atoms with Gasteiger partial charge in [0.15, 0.2) is 0 Å². The zero-order valence-corrected chi connectivity index (χ0v) is 14.3. The molecular weight excluding hydrogens is 326 g/mol. The molecule has 1 saturated heterocycles. The molecule has 1 aliphatic heterocycles. The lowest BCUT2D eigenvalue weighted by molar-refractivity contribution is -0.128. The number of benzene rings is 2. The summed E-state index contributed by atoms with van der Waals surface area (Å²) in [4.78, 5) is 2.51. The molecule has 3 rings (SSSR count). The Morgan fingerprint density at radius 2 is 1.95 bits per heavy atom. The molecule has 1 fully saturated rings. The van der Waals surface area contributed by atoms with Crippen LogP contribution in [0.2, 0.25) is 0 Å². The lowest BCUT2D eigenvalue weighted by Gasteiger charge is -2.42. The number of hydrogen-bond donors (Lipinski definition) is 0. The van der Waals surface area contributed by atoms with Crippen LogP contribution in [0.25, 0.3) is 10.8 Å². The van der Waals surface area contributed by atoms with E-state index in [-0.39, 0.29) is 11.7 Å². The summed E-state index contributed by atoms with van der Waals surface area (Å²) in [7, 11) is 0. The number of rotatable bonds is 3. The predicted octanol–water partition coefficient (Wildman–Crippen LogP) is 4.21. The number of ether oxygens (including phenoxy) is 1. The highest BCUT2D eigenvalue weighted by molar-refractivity contribution is 9.09. The highest BCUT2D eigenvalue weighted by atomic mass is 79.9. The fourth-order valence-corrected chi connectivity index (χ4v) is 3.63. The second-order valence-electron chi connectivity index (χ2n) is 6.46. The summed E-state index contributed by atoms with van der Waals surface area (Å²) in [5.41, 5.74) is 1.32. The molecule has 1 atom stereocenters. The number of morpholine rings is 1. The van der Waals surface area contributed by atoms with Gasteiger partial charge in [-0.1, -0.05) is 58.4 Å². The Labute approximate surface area is 135 Å². The molecule has 3 heteroatoms. The van der Waals surface area contributed by atoms with E-state index in [2.05, 4.69) is 77.1 Å². The first-order valence-electron chi connectivity index (χ1n) is 7.50. The minimum Gasteiger partial charge on any atom is -0.369 e. The Balaban J connectivity index is 1.84. The molecule has 21 heavy (non-hydrogen) atoms. The molecule has 0 radical (unpaired) electrons. The monoisotopic (exact) mass is 347 g/mol. The van der Waals surface area contributed by atoms with Crippen molar-refractivity contribution in [3.63, 3.8) is 0 Å². The first kappa shape index (κ1) is 15.0. The molecule has 2 aromatic rings. The van der Waals surface area contributed by atoms with E-state index < -0.39 is 0 Å². The van der Waals surface area contributed by atoms with Crippen LogP contribution in [0.4, 0.5) is 0 Å². The minimum atomic E-state index is -0.0821. The van der Waals surface area contributed by atoms with Crippen molar-refractivity contribution < 1.29 is 4.74 Å². The summed E-state index contributed by atoms with van der Waals surface area (Å²) in [6, 6.07) is 15.2.